The molecule has 0 bridgehead atoms. The summed E-state index contributed by atoms with van der Waals surface area (Å²) in [7, 11) is 0. The number of rotatable bonds is 6. The molecule has 0 aliphatic heterocycles. The number of thiophene rings is 2. The second kappa shape index (κ2) is 6.55. The average molecular weight is 308 g/mol. The van der Waals surface area contributed by atoms with Crippen LogP contribution < -0.4 is 4.74 Å². The first-order chi connectivity index (χ1) is 9.54. The Labute approximate surface area is 128 Å². The highest BCUT2D eigenvalue weighted by Crippen LogP contribution is 2.35. The van der Waals surface area contributed by atoms with Gasteiger partial charge in [0.25, 0.3) is 0 Å². The summed E-state index contributed by atoms with van der Waals surface area (Å²) in [6, 6.07) is 5.76. The Kier molecular flexibility index (Phi) is 5.00. The Hall–Kier alpha value is -1.13. The molecule has 0 N–H and O–H groups in total. The van der Waals surface area contributed by atoms with E-state index in [-0.39, 0.29) is 11.4 Å². The minimum Gasteiger partial charge on any atom is -0.411 e. The summed E-state index contributed by atoms with van der Waals surface area (Å²) >= 11 is 2.91. The Morgan fingerprint density at radius 2 is 2.05 bits per heavy atom. The van der Waals surface area contributed by atoms with E-state index in [2.05, 4.69) is 26.8 Å². The molecular weight excluding hydrogens is 288 g/mol. The predicted molar refractivity (Wildman–Crippen MR) is 86.1 cm³/mol. The van der Waals surface area contributed by atoms with E-state index in [1.807, 2.05) is 22.9 Å². The van der Waals surface area contributed by atoms with Crippen molar-refractivity contribution < 1.29 is 9.53 Å². The maximum atomic E-state index is 12.3. The monoisotopic (exact) mass is 308 g/mol. The quantitative estimate of drug-likeness (QED) is 0.659. The summed E-state index contributed by atoms with van der Waals surface area (Å²) in [4.78, 5) is 13.0. The Morgan fingerprint density at radius 3 is 2.70 bits per heavy atom. The van der Waals surface area contributed by atoms with Gasteiger partial charge in [-0.3, -0.25) is 0 Å². The van der Waals surface area contributed by atoms with Crippen LogP contribution in [0.2, 0.25) is 0 Å². The number of hydrogen-bond acceptors (Lipinski definition) is 4. The lowest BCUT2D eigenvalue weighted by atomic mass is 9.80. The molecule has 0 amide bonds. The SMILES string of the molecule is CCCCC(C)(C)c1ccsc1C(=O)Oc1cccs1. The molecule has 2 rings (SSSR count). The number of esters is 1. The molecular formula is C16H20O2S2. The predicted octanol–water partition coefficient (Wildman–Crippen LogP) is 5.50. The number of ether oxygens (including phenoxy) is 1. The van der Waals surface area contributed by atoms with Gasteiger partial charge in [0, 0.05) is 0 Å². The third-order valence-corrected chi connectivity index (χ3v) is 5.06. The van der Waals surface area contributed by atoms with Crippen LogP contribution in [-0.4, -0.2) is 5.97 Å². The topological polar surface area (TPSA) is 26.3 Å². The van der Waals surface area contributed by atoms with Crippen LogP contribution >= 0.6 is 22.7 Å². The molecule has 4 heteroatoms. The number of carbonyl (C=O) groups is 1. The lowest BCUT2D eigenvalue weighted by Gasteiger charge is -2.24. The molecule has 0 fully saturated rings. The molecule has 0 radical (unpaired) electrons. The first-order valence-electron chi connectivity index (χ1n) is 6.88. The summed E-state index contributed by atoms with van der Waals surface area (Å²) < 4.78 is 5.43. The number of carbonyl (C=O) groups excluding carboxylic acids is 1. The van der Waals surface area contributed by atoms with Crippen LogP contribution in [0.5, 0.6) is 5.06 Å². The highest BCUT2D eigenvalue weighted by molar-refractivity contribution is 7.13. The normalized spacial score (nSPS) is 11.6. The van der Waals surface area contributed by atoms with E-state index in [1.165, 1.54) is 35.5 Å². The summed E-state index contributed by atoms with van der Waals surface area (Å²) in [5.74, 6) is -0.234. The van der Waals surface area contributed by atoms with Gasteiger partial charge in [-0.15, -0.1) is 22.7 Å². The highest BCUT2D eigenvalue weighted by atomic mass is 32.1. The van der Waals surface area contributed by atoms with Crippen molar-refractivity contribution in [2.24, 2.45) is 0 Å². The average Bonchev–Trinajstić information content (AvgIpc) is 3.06. The molecule has 0 spiro atoms. The van der Waals surface area contributed by atoms with Gasteiger partial charge < -0.3 is 4.74 Å². The minimum absolute atomic E-state index is 0.0137. The molecule has 20 heavy (non-hydrogen) atoms. The smallest absolute Gasteiger partial charge is 0.354 e. The zero-order valence-corrected chi connectivity index (χ0v) is 13.8. The standard InChI is InChI=1S/C16H20O2S2/c1-4-5-9-16(2,3)12-8-11-20-14(12)15(17)18-13-7-6-10-19-13/h6-8,10-11H,4-5,9H2,1-3H3. The number of hydrogen-bond donors (Lipinski definition) is 0. The zero-order chi connectivity index (χ0) is 14.6. The zero-order valence-electron chi connectivity index (χ0n) is 12.1. The van der Waals surface area contributed by atoms with Crippen molar-refractivity contribution in [3.05, 3.63) is 39.4 Å². The van der Waals surface area contributed by atoms with E-state index in [0.29, 0.717) is 5.06 Å². The van der Waals surface area contributed by atoms with E-state index in [9.17, 15) is 4.79 Å². The summed E-state index contributed by atoms with van der Waals surface area (Å²) in [6.45, 7) is 6.59. The molecule has 108 valence electrons. The van der Waals surface area contributed by atoms with Crippen LogP contribution in [0.15, 0.2) is 29.0 Å². The maximum absolute atomic E-state index is 12.3. The first kappa shape index (κ1) is 15.3. The van der Waals surface area contributed by atoms with E-state index in [4.69, 9.17) is 4.74 Å². The molecule has 0 aromatic carbocycles. The molecule has 2 aromatic rings. The van der Waals surface area contributed by atoms with Gasteiger partial charge in [-0.05, 0) is 46.4 Å². The van der Waals surface area contributed by atoms with Gasteiger partial charge in [0.05, 0.1) is 0 Å². The molecule has 2 aromatic heterocycles. The van der Waals surface area contributed by atoms with Crippen molar-refractivity contribution in [2.45, 2.75) is 45.4 Å². The van der Waals surface area contributed by atoms with Crippen molar-refractivity contribution >= 4 is 28.6 Å². The van der Waals surface area contributed by atoms with Crippen LogP contribution in [0.1, 0.15) is 55.3 Å². The van der Waals surface area contributed by atoms with E-state index < -0.39 is 0 Å². The van der Waals surface area contributed by atoms with Crippen molar-refractivity contribution in [3.8, 4) is 5.06 Å². The molecule has 0 aliphatic carbocycles. The van der Waals surface area contributed by atoms with Crippen LogP contribution in [0.3, 0.4) is 0 Å². The molecule has 0 saturated heterocycles. The molecule has 0 aliphatic rings. The second-order valence-electron chi connectivity index (χ2n) is 5.47. The fourth-order valence-corrected chi connectivity index (χ4v) is 3.73. The van der Waals surface area contributed by atoms with Gasteiger partial charge in [-0.1, -0.05) is 33.6 Å². The Bertz CT molecular complexity index is 553. The van der Waals surface area contributed by atoms with Gasteiger partial charge in [-0.2, -0.15) is 0 Å². The molecule has 0 unspecified atom stereocenters. The summed E-state index contributed by atoms with van der Waals surface area (Å²) in [5, 5.41) is 4.54. The van der Waals surface area contributed by atoms with Crippen molar-refractivity contribution in [1.82, 2.24) is 0 Å². The van der Waals surface area contributed by atoms with Crippen molar-refractivity contribution in [3.63, 3.8) is 0 Å². The maximum Gasteiger partial charge on any atom is 0.354 e. The fourth-order valence-electron chi connectivity index (χ4n) is 2.21. The van der Waals surface area contributed by atoms with E-state index in [0.717, 1.165) is 16.9 Å². The van der Waals surface area contributed by atoms with E-state index >= 15 is 0 Å². The van der Waals surface area contributed by atoms with Crippen LogP contribution in [0.25, 0.3) is 0 Å². The fraction of sp³-hybridized carbons (Fsp3) is 0.438. The van der Waals surface area contributed by atoms with Gasteiger partial charge in [0.2, 0.25) is 0 Å². The minimum atomic E-state index is -0.234. The van der Waals surface area contributed by atoms with Gasteiger partial charge in [0.1, 0.15) is 4.88 Å². The van der Waals surface area contributed by atoms with Crippen LogP contribution in [0, 0.1) is 0 Å². The van der Waals surface area contributed by atoms with Crippen molar-refractivity contribution in [1.29, 1.82) is 0 Å². The Balaban J connectivity index is 2.17. The highest BCUT2D eigenvalue weighted by Gasteiger charge is 2.27. The van der Waals surface area contributed by atoms with Gasteiger partial charge >= 0.3 is 5.97 Å². The second-order valence-corrected chi connectivity index (χ2v) is 7.30. The van der Waals surface area contributed by atoms with Crippen LogP contribution in [0.4, 0.5) is 0 Å². The van der Waals surface area contributed by atoms with E-state index in [1.54, 1.807) is 0 Å². The summed E-state index contributed by atoms with van der Waals surface area (Å²) in [5.41, 5.74) is 1.12. The van der Waals surface area contributed by atoms with Crippen LogP contribution in [-0.2, 0) is 5.41 Å². The molecule has 2 nitrogen and oxygen atoms in total. The van der Waals surface area contributed by atoms with Gasteiger partial charge in [-0.25, -0.2) is 4.79 Å². The molecule has 0 saturated carbocycles. The third-order valence-electron chi connectivity index (χ3n) is 3.42. The largest absolute Gasteiger partial charge is 0.411 e. The summed E-state index contributed by atoms with van der Waals surface area (Å²) in [6.07, 6.45) is 3.42. The number of unbranched alkanes of at least 4 members (excludes halogenated alkanes) is 1. The first-order valence-corrected chi connectivity index (χ1v) is 8.64. The third kappa shape index (κ3) is 3.49. The molecule has 0 atom stereocenters. The Morgan fingerprint density at radius 1 is 1.25 bits per heavy atom. The lowest BCUT2D eigenvalue weighted by Crippen LogP contribution is -2.20. The van der Waals surface area contributed by atoms with Gasteiger partial charge in [0.15, 0.2) is 5.06 Å². The lowest BCUT2D eigenvalue weighted by molar-refractivity contribution is 0.0743. The van der Waals surface area contributed by atoms with Crippen molar-refractivity contribution in [2.75, 3.05) is 0 Å². The molecule has 2 heterocycles.